The Balaban J connectivity index is 0.000000345. The van der Waals surface area contributed by atoms with Crippen LogP contribution < -0.4 is 0 Å². The lowest BCUT2D eigenvalue weighted by atomic mass is 10.1. The number of alkyl halides is 3. The quantitative estimate of drug-likeness (QED) is 0.836. The fraction of sp³-hybridized carbons (Fsp3) is 0.588. The summed E-state index contributed by atoms with van der Waals surface area (Å²) in [6.07, 6.45) is -1.22. The first-order valence-electron chi connectivity index (χ1n) is 8.54. The van der Waals surface area contributed by atoms with E-state index in [2.05, 4.69) is 19.6 Å². The Hall–Kier alpha value is -2.40. The van der Waals surface area contributed by atoms with Gasteiger partial charge >= 0.3 is 12.1 Å². The molecule has 0 bridgehead atoms. The van der Waals surface area contributed by atoms with Crippen molar-refractivity contribution >= 4 is 5.97 Å². The van der Waals surface area contributed by atoms with Crippen LogP contribution in [-0.4, -0.2) is 57.1 Å². The van der Waals surface area contributed by atoms with Gasteiger partial charge < -0.3 is 18.9 Å². The van der Waals surface area contributed by atoms with Crippen LogP contribution in [0.25, 0.3) is 0 Å². The Morgan fingerprint density at radius 1 is 1.39 bits per heavy atom. The number of aryl methyl sites for hydroxylation is 2. The topological polar surface area (TPSA) is 93.6 Å². The number of hydrogen-bond acceptors (Lipinski definition) is 6. The molecule has 156 valence electrons. The summed E-state index contributed by atoms with van der Waals surface area (Å²) in [5.41, 5.74) is 3.42. The second kappa shape index (κ2) is 9.20. The smallest absolute Gasteiger partial charge is 0.475 e. The Kier molecular flexibility index (Phi) is 7.19. The minimum Gasteiger partial charge on any atom is -0.475 e. The molecule has 0 radical (unpaired) electrons. The van der Waals surface area contributed by atoms with Gasteiger partial charge in [-0.15, -0.1) is 0 Å². The summed E-state index contributed by atoms with van der Waals surface area (Å²) in [7, 11) is 1.76. The zero-order valence-corrected chi connectivity index (χ0v) is 15.9. The first-order chi connectivity index (χ1) is 13.1. The molecule has 0 aromatic carbocycles. The zero-order valence-electron chi connectivity index (χ0n) is 15.9. The lowest BCUT2D eigenvalue weighted by Gasteiger charge is -2.23. The van der Waals surface area contributed by atoms with E-state index in [0.29, 0.717) is 5.92 Å². The molecule has 0 amide bonds. The van der Waals surface area contributed by atoms with Gasteiger partial charge in [-0.05, 0) is 13.8 Å². The highest BCUT2D eigenvalue weighted by Crippen LogP contribution is 2.21. The van der Waals surface area contributed by atoms with Gasteiger partial charge in [-0.3, -0.25) is 4.90 Å². The zero-order chi connectivity index (χ0) is 20.9. The Bertz CT molecular complexity index is 768. The van der Waals surface area contributed by atoms with E-state index >= 15 is 0 Å². The van der Waals surface area contributed by atoms with Crippen LogP contribution in [0.1, 0.15) is 22.7 Å². The predicted molar refractivity (Wildman–Crippen MR) is 91.4 cm³/mol. The van der Waals surface area contributed by atoms with E-state index in [1.807, 2.05) is 26.4 Å². The number of ether oxygens (including phenoxy) is 1. The standard InChI is InChI=1S/C15H22N4O2.C2HF3O2/c1-11-15(12(2)21-17-11)8-18-5-13(9-20-3)6-19-10-16-4-14(19)7-18;3-2(4,5)1(6)7/h4,10,13H,5-9H2,1-3H3;(H,6,7). The second-order valence-corrected chi connectivity index (χ2v) is 6.63. The average molecular weight is 404 g/mol. The first kappa shape index (κ1) is 21.9. The second-order valence-electron chi connectivity index (χ2n) is 6.63. The number of nitrogens with zero attached hydrogens (tertiary/aromatic N) is 4. The fourth-order valence-electron chi connectivity index (χ4n) is 3.05. The van der Waals surface area contributed by atoms with Gasteiger partial charge in [0, 0.05) is 51.0 Å². The molecule has 3 rings (SSSR count). The number of fused-ring (bicyclic) bond motifs is 1. The van der Waals surface area contributed by atoms with Crippen molar-refractivity contribution in [1.82, 2.24) is 19.6 Å². The van der Waals surface area contributed by atoms with Crippen molar-refractivity contribution in [3.05, 3.63) is 35.2 Å². The van der Waals surface area contributed by atoms with Crippen LogP contribution in [0.3, 0.4) is 0 Å². The number of carboxylic acids is 1. The van der Waals surface area contributed by atoms with Gasteiger partial charge in [-0.2, -0.15) is 13.2 Å². The monoisotopic (exact) mass is 404 g/mol. The van der Waals surface area contributed by atoms with E-state index in [-0.39, 0.29) is 0 Å². The Morgan fingerprint density at radius 3 is 2.61 bits per heavy atom. The number of rotatable bonds is 4. The molecule has 0 spiro atoms. The Labute approximate surface area is 159 Å². The van der Waals surface area contributed by atoms with Crippen molar-refractivity contribution in [2.24, 2.45) is 5.92 Å². The van der Waals surface area contributed by atoms with Crippen molar-refractivity contribution in [2.45, 2.75) is 39.7 Å². The number of methoxy groups -OCH3 is 1. The SMILES string of the molecule is COCC1CN(Cc2c(C)noc2C)Cc2cncn2C1.O=C(O)C(F)(F)F. The van der Waals surface area contributed by atoms with Gasteiger partial charge in [0.2, 0.25) is 0 Å². The van der Waals surface area contributed by atoms with E-state index in [0.717, 1.165) is 44.2 Å². The maximum Gasteiger partial charge on any atom is 0.490 e. The highest BCUT2D eigenvalue weighted by atomic mass is 19.4. The van der Waals surface area contributed by atoms with Gasteiger partial charge in [0.1, 0.15) is 5.76 Å². The number of carboxylic acid groups (broad SMARTS) is 1. The summed E-state index contributed by atoms with van der Waals surface area (Å²) >= 11 is 0. The van der Waals surface area contributed by atoms with Gasteiger partial charge in [-0.25, -0.2) is 9.78 Å². The van der Waals surface area contributed by atoms with E-state index in [4.69, 9.17) is 19.2 Å². The molecule has 2 aromatic rings. The number of imidazole rings is 1. The molecular weight excluding hydrogens is 381 g/mol. The molecule has 1 atom stereocenters. The number of aliphatic carboxylic acids is 1. The molecule has 0 fully saturated rings. The highest BCUT2D eigenvalue weighted by molar-refractivity contribution is 5.73. The third-order valence-electron chi connectivity index (χ3n) is 4.36. The van der Waals surface area contributed by atoms with Gasteiger partial charge in [0.15, 0.2) is 0 Å². The molecule has 11 heteroatoms. The molecule has 0 saturated carbocycles. The van der Waals surface area contributed by atoms with Crippen molar-refractivity contribution in [1.29, 1.82) is 0 Å². The Morgan fingerprint density at radius 2 is 2.07 bits per heavy atom. The number of carbonyl (C=O) groups is 1. The van der Waals surface area contributed by atoms with Crippen molar-refractivity contribution in [3.8, 4) is 0 Å². The van der Waals surface area contributed by atoms with Gasteiger partial charge in [0.25, 0.3) is 0 Å². The fourth-order valence-corrected chi connectivity index (χ4v) is 3.05. The minimum absolute atomic E-state index is 0.464. The van der Waals surface area contributed by atoms with Crippen LogP contribution in [-0.2, 0) is 29.2 Å². The predicted octanol–water partition coefficient (Wildman–Crippen LogP) is 2.40. The maximum atomic E-state index is 10.6. The third-order valence-corrected chi connectivity index (χ3v) is 4.36. The molecule has 1 N–H and O–H groups in total. The maximum absolute atomic E-state index is 10.6. The molecule has 0 aliphatic carbocycles. The van der Waals surface area contributed by atoms with Crippen LogP contribution in [0.2, 0.25) is 0 Å². The summed E-state index contributed by atoms with van der Waals surface area (Å²) in [4.78, 5) is 15.6. The van der Waals surface area contributed by atoms with Crippen LogP contribution in [0.15, 0.2) is 17.0 Å². The van der Waals surface area contributed by atoms with Crippen LogP contribution in [0, 0.1) is 19.8 Å². The molecule has 1 unspecified atom stereocenters. The summed E-state index contributed by atoms with van der Waals surface area (Å²) in [5, 5.41) is 11.2. The van der Waals surface area contributed by atoms with Gasteiger partial charge in [0.05, 0.1) is 24.3 Å². The highest BCUT2D eigenvalue weighted by Gasteiger charge is 2.38. The molecule has 0 saturated heterocycles. The number of aromatic nitrogens is 3. The van der Waals surface area contributed by atoms with Crippen LogP contribution >= 0.6 is 0 Å². The van der Waals surface area contributed by atoms with E-state index < -0.39 is 12.1 Å². The first-order valence-corrected chi connectivity index (χ1v) is 8.54. The summed E-state index contributed by atoms with van der Waals surface area (Å²) in [6.45, 7) is 8.44. The van der Waals surface area contributed by atoms with Gasteiger partial charge in [-0.1, -0.05) is 5.16 Å². The molecule has 1 aliphatic rings. The largest absolute Gasteiger partial charge is 0.490 e. The molecule has 2 aromatic heterocycles. The number of halogens is 3. The minimum atomic E-state index is -5.08. The van der Waals surface area contributed by atoms with Crippen LogP contribution in [0.5, 0.6) is 0 Å². The third kappa shape index (κ3) is 5.80. The molecule has 3 heterocycles. The van der Waals surface area contributed by atoms with Crippen molar-refractivity contribution in [2.75, 3.05) is 20.3 Å². The van der Waals surface area contributed by atoms with Crippen LogP contribution in [0.4, 0.5) is 13.2 Å². The summed E-state index contributed by atoms with van der Waals surface area (Å²) in [5.74, 6) is -1.38. The van der Waals surface area contributed by atoms with Crippen molar-refractivity contribution in [3.63, 3.8) is 0 Å². The molecule has 8 nitrogen and oxygen atoms in total. The lowest BCUT2D eigenvalue weighted by Crippen LogP contribution is -2.30. The molecular formula is C17H23F3N4O4. The lowest BCUT2D eigenvalue weighted by molar-refractivity contribution is -0.192. The van der Waals surface area contributed by atoms with E-state index in [9.17, 15) is 13.2 Å². The van der Waals surface area contributed by atoms with E-state index in [1.54, 1.807) is 7.11 Å². The number of hydrogen-bond donors (Lipinski definition) is 1. The van der Waals surface area contributed by atoms with E-state index in [1.165, 1.54) is 11.3 Å². The molecule has 28 heavy (non-hydrogen) atoms. The summed E-state index contributed by atoms with van der Waals surface area (Å²) < 4.78 is 44.6. The van der Waals surface area contributed by atoms with Crippen molar-refractivity contribution < 1.29 is 32.3 Å². The average Bonchev–Trinajstić information content (AvgIpc) is 3.11. The molecule has 1 aliphatic heterocycles. The normalized spacial score (nSPS) is 17.4. The summed E-state index contributed by atoms with van der Waals surface area (Å²) in [6, 6.07) is 0.